The first-order valence-electron chi connectivity index (χ1n) is 9.36. The monoisotopic (exact) mass is 457 g/mol. The minimum Gasteiger partial charge on any atom is -0.484 e. The summed E-state index contributed by atoms with van der Waals surface area (Å²) in [5, 5.41) is 2.62. The number of halogens is 1. The van der Waals surface area contributed by atoms with Crippen LogP contribution in [-0.2, 0) is 14.8 Å². The number of primary amides is 1. The Morgan fingerprint density at radius 2 is 1.72 bits per heavy atom. The van der Waals surface area contributed by atoms with Crippen LogP contribution < -0.4 is 20.5 Å². The Balaban J connectivity index is 1.77. The molecule has 0 unspecified atom stereocenters. The molecule has 8 nitrogen and oxygen atoms in total. The summed E-state index contributed by atoms with van der Waals surface area (Å²) in [5.41, 5.74) is 5.78. The molecule has 0 aliphatic heterocycles. The maximum absolute atomic E-state index is 13.9. The van der Waals surface area contributed by atoms with Gasteiger partial charge in [-0.3, -0.25) is 14.3 Å². The van der Waals surface area contributed by atoms with Crippen LogP contribution in [0.3, 0.4) is 0 Å². The molecule has 10 heteroatoms. The van der Waals surface area contributed by atoms with Gasteiger partial charge in [0.25, 0.3) is 21.8 Å². The van der Waals surface area contributed by atoms with Crippen LogP contribution in [0.2, 0.25) is 0 Å². The maximum Gasteiger partial charge on any atom is 0.262 e. The number of carbonyl (C=O) groups is 2. The van der Waals surface area contributed by atoms with Gasteiger partial charge >= 0.3 is 0 Å². The molecule has 0 fully saturated rings. The molecule has 2 amide bonds. The third kappa shape index (κ3) is 5.61. The smallest absolute Gasteiger partial charge is 0.262 e. The number of ether oxygens (including phenoxy) is 1. The van der Waals surface area contributed by atoms with E-state index in [1.807, 2.05) is 0 Å². The van der Waals surface area contributed by atoms with E-state index in [2.05, 4.69) is 10.0 Å². The molecule has 32 heavy (non-hydrogen) atoms. The predicted octanol–water partition coefficient (Wildman–Crippen LogP) is 3.05. The van der Waals surface area contributed by atoms with Crippen LogP contribution in [0.5, 0.6) is 5.75 Å². The van der Waals surface area contributed by atoms with Crippen molar-refractivity contribution in [1.82, 2.24) is 0 Å². The molecule has 166 valence electrons. The molecule has 0 bridgehead atoms. The van der Waals surface area contributed by atoms with Crippen molar-refractivity contribution >= 4 is 33.2 Å². The third-order valence-electron chi connectivity index (χ3n) is 4.35. The van der Waals surface area contributed by atoms with E-state index in [9.17, 15) is 22.4 Å². The topological polar surface area (TPSA) is 128 Å². The van der Waals surface area contributed by atoms with Crippen molar-refractivity contribution in [3.05, 3.63) is 83.7 Å². The number of carbonyl (C=O) groups excluding carboxylic acids is 2. The van der Waals surface area contributed by atoms with E-state index in [0.29, 0.717) is 11.3 Å². The number of sulfonamides is 1. The summed E-state index contributed by atoms with van der Waals surface area (Å²) in [6, 6.07) is 15.8. The lowest BCUT2D eigenvalue weighted by Crippen LogP contribution is -2.20. The average molecular weight is 457 g/mol. The Morgan fingerprint density at radius 1 is 1.03 bits per heavy atom. The van der Waals surface area contributed by atoms with E-state index in [4.69, 9.17) is 10.5 Å². The molecule has 0 saturated carbocycles. The second-order valence-electron chi connectivity index (χ2n) is 6.80. The second kappa shape index (κ2) is 9.48. The van der Waals surface area contributed by atoms with Gasteiger partial charge in [-0.2, -0.15) is 0 Å². The van der Waals surface area contributed by atoms with Crippen LogP contribution >= 0.6 is 0 Å². The lowest BCUT2D eigenvalue weighted by atomic mass is 10.2. The molecule has 0 spiro atoms. The molecule has 0 atom stereocenters. The Kier molecular flexibility index (Phi) is 6.74. The fraction of sp³-hybridized carbons (Fsp3) is 0.0909. The molecular weight excluding hydrogens is 437 g/mol. The number of rotatable bonds is 8. The van der Waals surface area contributed by atoms with Crippen LogP contribution in [-0.4, -0.2) is 26.8 Å². The SMILES string of the molecule is Cc1ccc(NC(=O)c2ccc(OCC(N)=O)cc2)cc1S(=O)(=O)Nc1ccccc1F. The van der Waals surface area contributed by atoms with Crippen molar-refractivity contribution in [2.75, 3.05) is 16.6 Å². The number of nitrogens with one attached hydrogen (secondary N) is 2. The lowest BCUT2D eigenvalue weighted by Gasteiger charge is -2.13. The number of benzene rings is 3. The highest BCUT2D eigenvalue weighted by molar-refractivity contribution is 7.92. The van der Waals surface area contributed by atoms with Crippen molar-refractivity contribution in [1.29, 1.82) is 0 Å². The van der Waals surface area contributed by atoms with Gasteiger partial charge in [-0.1, -0.05) is 18.2 Å². The summed E-state index contributed by atoms with van der Waals surface area (Å²) in [6.07, 6.45) is 0. The van der Waals surface area contributed by atoms with Gasteiger partial charge in [0.15, 0.2) is 6.61 Å². The van der Waals surface area contributed by atoms with Gasteiger partial charge in [-0.05, 0) is 61.0 Å². The van der Waals surface area contributed by atoms with Crippen LogP contribution in [0.15, 0.2) is 71.6 Å². The molecular formula is C22H20FN3O5S. The lowest BCUT2D eigenvalue weighted by molar-refractivity contribution is -0.119. The largest absolute Gasteiger partial charge is 0.484 e. The molecule has 0 radical (unpaired) electrons. The normalized spacial score (nSPS) is 10.9. The van der Waals surface area contributed by atoms with Crippen LogP contribution in [0.1, 0.15) is 15.9 Å². The third-order valence-corrected chi connectivity index (χ3v) is 5.86. The van der Waals surface area contributed by atoms with Crippen LogP contribution in [0.4, 0.5) is 15.8 Å². The van der Waals surface area contributed by atoms with Gasteiger partial charge in [0, 0.05) is 11.3 Å². The van der Waals surface area contributed by atoms with E-state index < -0.39 is 27.7 Å². The van der Waals surface area contributed by atoms with Crippen LogP contribution in [0, 0.1) is 12.7 Å². The highest BCUT2D eigenvalue weighted by atomic mass is 32.2. The molecule has 3 aromatic rings. The molecule has 0 aromatic heterocycles. The van der Waals surface area contributed by atoms with Crippen molar-refractivity contribution < 1.29 is 27.1 Å². The number of nitrogens with two attached hydrogens (primary N) is 1. The Bertz CT molecular complexity index is 1260. The zero-order valence-electron chi connectivity index (χ0n) is 17.0. The van der Waals surface area contributed by atoms with E-state index >= 15 is 0 Å². The Hall–Kier alpha value is -3.92. The average Bonchev–Trinajstić information content (AvgIpc) is 2.75. The van der Waals surface area contributed by atoms with Gasteiger partial charge < -0.3 is 15.8 Å². The fourth-order valence-corrected chi connectivity index (χ4v) is 4.11. The number of hydrogen-bond donors (Lipinski definition) is 3. The van der Waals surface area contributed by atoms with Gasteiger partial charge in [0.2, 0.25) is 0 Å². The minimum absolute atomic E-state index is 0.103. The molecule has 0 aliphatic carbocycles. The number of anilines is 2. The maximum atomic E-state index is 13.9. The van der Waals surface area contributed by atoms with Crippen molar-refractivity contribution in [3.63, 3.8) is 0 Å². The first kappa shape index (κ1) is 22.8. The molecule has 0 aliphatic rings. The quantitative estimate of drug-likeness (QED) is 0.479. The molecule has 4 N–H and O–H groups in total. The summed E-state index contributed by atoms with van der Waals surface area (Å²) < 4.78 is 46.8. The first-order valence-corrected chi connectivity index (χ1v) is 10.8. The minimum atomic E-state index is -4.10. The summed E-state index contributed by atoms with van der Waals surface area (Å²) >= 11 is 0. The zero-order chi connectivity index (χ0) is 23.3. The fourth-order valence-electron chi connectivity index (χ4n) is 2.77. The summed E-state index contributed by atoms with van der Waals surface area (Å²) in [4.78, 5) is 23.2. The van der Waals surface area contributed by atoms with Gasteiger partial charge in [-0.25, -0.2) is 12.8 Å². The van der Waals surface area contributed by atoms with Crippen molar-refractivity contribution in [3.8, 4) is 5.75 Å². The Labute approximate surface area is 184 Å². The standard InChI is InChI=1S/C22H20FN3O5S/c1-14-6-9-16(12-20(14)32(29,30)26-19-5-3-2-4-18(19)23)25-22(28)15-7-10-17(11-8-15)31-13-21(24)27/h2-12,26H,13H2,1H3,(H2,24,27)(H,25,28). The van der Waals surface area contributed by atoms with Crippen molar-refractivity contribution in [2.24, 2.45) is 5.73 Å². The number of amides is 2. The highest BCUT2D eigenvalue weighted by Crippen LogP contribution is 2.24. The second-order valence-corrected chi connectivity index (χ2v) is 8.45. The number of para-hydroxylation sites is 1. The number of hydrogen-bond acceptors (Lipinski definition) is 5. The van der Waals surface area contributed by atoms with E-state index in [1.165, 1.54) is 54.6 Å². The van der Waals surface area contributed by atoms with Gasteiger partial charge in [0.1, 0.15) is 11.6 Å². The summed E-state index contributed by atoms with van der Waals surface area (Å²) in [6.45, 7) is 1.30. The van der Waals surface area contributed by atoms with E-state index in [0.717, 1.165) is 6.07 Å². The molecule has 0 saturated heterocycles. The van der Waals surface area contributed by atoms with Gasteiger partial charge in [-0.15, -0.1) is 0 Å². The van der Waals surface area contributed by atoms with E-state index in [-0.39, 0.29) is 28.4 Å². The summed E-state index contributed by atoms with van der Waals surface area (Å²) in [7, 11) is -4.10. The first-order chi connectivity index (χ1) is 15.2. The van der Waals surface area contributed by atoms with Crippen molar-refractivity contribution in [2.45, 2.75) is 11.8 Å². The predicted molar refractivity (Wildman–Crippen MR) is 117 cm³/mol. The van der Waals surface area contributed by atoms with Crippen LogP contribution in [0.25, 0.3) is 0 Å². The van der Waals surface area contributed by atoms with Gasteiger partial charge in [0.05, 0.1) is 10.6 Å². The molecule has 0 heterocycles. The van der Waals surface area contributed by atoms with E-state index in [1.54, 1.807) is 13.0 Å². The molecule has 3 rings (SSSR count). The zero-order valence-corrected chi connectivity index (χ0v) is 17.8. The highest BCUT2D eigenvalue weighted by Gasteiger charge is 2.20. The Morgan fingerprint density at radius 3 is 2.38 bits per heavy atom. The molecule has 3 aromatic carbocycles. The number of aryl methyl sites for hydroxylation is 1. The summed E-state index contributed by atoms with van der Waals surface area (Å²) in [5.74, 6) is -1.45.